The molecule has 1 unspecified atom stereocenters. The summed E-state index contributed by atoms with van der Waals surface area (Å²) in [5.74, 6) is -0.111. The molecule has 0 spiro atoms. The number of carbonyl (C=O) groups excluding carboxylic acids is 1. The lowest BCUT2D eigenvalue weighted by atomic mass is 10.1. The van der Waals surface area contributed by atoms with E-state index in [0.717, 1.165) is 10.9 Å². The number of nitrogens with one attached hydrogen (secondary N) is 1. The molecular formula is C14H18N2O3. The molecule has 1 atom stereocenters. The summed E-state index contributed by atoms with van der Waals surface area (Å²) in [6, 6.07) is 7.43. The molecule has 102 valence electrons. The molecule has 1 heterocycles. The number of methoxy groups -OCH3 is 1. The highest BCUT2D eigenvalue weighted by molar-refractivity contribution is 6.06. The lowest BCUT2D eigenvalue weighted by molar-refractivity contribution is 0.0381. The Morgan fingerprint density at radius 2 is 2.26 bits per heavy atom. The molecule has 5 heteroatoms. The fraction of sp³-hybridized carbons (Fsp3) is 0.357. The van der Waals surface area contributed by atoms with Crippen molar-refractivity contribution in [3.8, 4) is 0 Å². The fourth-order valence-corrected chi connectivity index (χ4v) is 2.12. The summed E-state index contributed by atoms with van der Waals surface area (Å²) >= 11 is 0. The normalized spacial score (nSPS) is 12.6. The molecule has 0 saturated carbocycles. The van der Waals surface area contributed by atoms with Gasteiger partial charge in [-0.15, -0.1) is 0 Å². The Labute approximate surface area is 111 Å². The zero-order chi connectivity index (χ0) is 13.8. The molecule has 0 fully saturated rings. The number of amides is 1. The summed E-state index contributed by atoms with van der Waals surface area (Å²) < 4.78 is 4.85. The van der Waals surface area contributed by atoms with Crippen molar-refractivity contribution in [2.75, 3.05) is 27.3 Å². The Morgan fingerprint density at radius 3 is 3.00 bits per heavy atom. The average Bonchev–Trinajstić information content (AvgIpc) is 2.86. The van der Waals surface area contributed by atoms with E-state index in [2.05, 4.69) is 4.98 Å². The zero-order valence-corrected chi connectivity index (χ0v) is 11.1. The Morgan fingerprint density at radius 1 is 1.47 bits per heavy atom. The Hall–Kier alpha value is -1.85. The number of carbonyl (C=O) groups is 1. The number of likely N-dealkylation sites (N-methyl/N-ethyl adjacent to an activating group) is 1. The van der Waals surface area contributed by atoms with Gasteiger partial charge in [-0.3, -0.25) is 4.79 Å². The predicted molar refractivity (Wildman–Crippen MR) is 73.1 cm³/mol. The second-order valence-electron chi connectivity index (χ2n) is 4.54. The van der Waals surface area contributed by atoms with Gasteiger partial charge in [0.15, 0.2) is 0 Å². The van der Waals surface area contributed by atoms with Crippen molar-refractivity contribution < 1.29 is 14.6 Å². The third-order valence-corrected chi connectivity index (χ3v) is 3.02. The van der Waals surface area contributed by atoms with Gasteiger partial charge < -0.3 is 19.7 Å². The molecule has 0 radical (unpaired) electrons. The molecule has 5 nitrogen and oxygen atoms in total. The summed E-state index contributed by atoms with van der Waals surface area (Å²) in [7, 11) is 3.19. The van der Waals surface area contributed by atoms with Crippen LogP contribution in [-0.4, -0.2) is 54.3 Å². The molecule has 19 heavy (non-hydrogen) atoms. The highest BCUT2D eigenvalue weighted by Crippen LogP contribution is 2.18. The third kappa shape index (κ3) is 2.94. The monoisotopic (exact) mass is 262 g/mol. The molecule has 1 aromatic heterocycles. The van der Waals surface area contributed by atoms with Gasteiger partial charge in [0.1, 0.15) is 0 Å². The minimum Gasteiger partial charge on any atom is -0.389 e. The number of rotatable bonds is 5. The second kappa shape index (κ2) is 5.86. The Bertz CT molecular complexity index is 565. The van der Waals surface area contributed by atoms with E-state index >= 15 is 0 Å². The number of ether oxygens (including phenoxy) is 1. The van der Waals surface area contributed by atoms with Crippen LogP contribution in [-0.2, 0) is 4.74 Å². The number of aliphatic hydroxyl groups is 1. The number of aliphatic hydroxyl groups excluding tert-OH is 1. The van der Waals surface area contributed by atoms with Gasteiger partial charge in [-0.05, 0) is 18.2 Å². The molecule has 0 aliphatic heterocycles. The molecule has 0 bridgehead atoms. The number of hydrogen-bond acceptors (Lipinski definition) is 3. The smallest absolute Gasteiger partial charge is 0.254 e. The van der Waals surface area contributed by atoms with Crippen LogP contribution in [0, 0.1) is 0 Å². The number of aromatic nitrogens is 1. The number of hydrogen-bond donors (Lipinski definition) is 2. The van der Waals surface area contributed by atoms with Crippen molar-refractivity contribution in [1.82, 2.24) is 9.88 Å². The number of fused-ring (bicyclic) bond motifs is 1. The van der Waals surface area contributed by atoms with Gasteiger partial charge in [-0.1, -0.05) is 6.07 Å². The zero-order valence-electron chi connectivity index (χ0n) is 11.1. The van der Waals surface area contributed by atoms with E-state index in [1.807, 2.05) is 18.2 Å². The SMILES string of the molecule is COCC(O)CN(C)C(=O)c1cccc2[nH]ccc12. The minimum atomic E-state index is -0.677. The van der Waals surface area contributed by atoms with Crippen LogP contribution in [0.5, 0.6) is 0 Å². The molecule has 0 aliphatic carbocycles. The van der Waals surface area contributed by atoms with Gasteiger partial charge in [0, 0.05) is 43.4 Å². The largest absolute Gasteiger partial charge is 0.389 e. The van der Waals surface area contributed by atoms with E-state index in [0.29, 0.717) is 5.56 Å². The standard InChI is InChI=1S/C14H18N2O3/c1-16(8-10(17)9-19-2)14(18)12-4-3-5-13-11(12)6-7-15-13/h3-7,10,15,17H,8-9H2,1-2H3. The molecule has 0 saturated heterocycles. The third-order valence-electron chi connectivity index (χ3n) is 3.02. The molecule has 0 aliphatic rings. The van der Waals surface area contributed by atoms with E-state index in [1.165, 1.54) is 12.0 Å². The molecule has 1 aromatic carbocycles. The first kappa shape index (κ1) is 13.6. The minimum absolute atomic E-state index is 0.111. The van der Waals surface area contributed by atoms with Crippen LogP contribution >= 0.6 is 0 Å². The number of nitrogens with zero attached hydrogens (tertiary/aromatic N) is 1. The lowest BCUT2D eigenvalue weighted by Crippen LogP contribution is -2.36. The molecular weight excluding hydrogens is 244 g/mol. The topological polar surface area (TPSA) is 65.6 Å². The Kier molecular flexibility index (Phi) is 4.19. The summed E-state index contributed by atoms with van der Waals surface area (Å²) in [6.45, 7) is 0.458. The predicted octanol–water partition coefficient (Wildman–Crippen LogP) is 1.25. The first-order chi connectivity index (χ1) is 9.13. The molecule has 2 N–H and O–H groups in total. The van der Waals surface area contributed by atoms with E-state index in [9.17, 15) is 9.90 Å². The van der Waals surface area contributed by atoms with E-state index in [1.54, 1.807) is 19.3 Å². The maximum Gasteiger partial charge on any atom is 0.254 e. The lowest BCUT2D eigenvalue weighted by Gasteiger charge is -2.20. The average molecular weight is 262 g/mol. The number of aromatic amines is 1. The molecule has 2 aromatic rings. The van der Waals surface area contributed by atoms with Crippen molar-refractivity contribution in [2.24, 2.45) is 0 Å². The summed E-state index contributed by atoms with van der Waals surface area (Å²) in [5.41, 5.74) is 1.56. The van der Waals surface area contributed by atoms with E-state index in [4.69, 9.17) is 4.74 Å². The summed E-state index contributed by atoms with van der Waals surface area (Å²) in [6.07, 6.45) is 1.13. The number of benzene rings is 1. The van der Waals surface area contributed by atoms with Crippen molar-refractivity contribution in [2.45, 2.75) is 6.10 Å². The van der Waals surface area contributed by atoms with Crippen LogP contribution in [0.3, 0.4) is 0 Å². The maximum atomic E-state index is 12.4. The highest BCUT2D eigenvalue weighted by Gasteiger charge is 2.17. The van der Waals surface area contributed by atoms with Crippen LogP contribution in [0.4, 0.5) is 0 Å². The quantitative estimate of drug-likeness (QED) is 0.852. The molecule has 2 rings (SSSR count). The van der Waals surface area contributed by atoms with Gasteiger partial charge >= 0.3 is 0 Å². The van der Waals surface area contributed by atoms with Gasteiger partial charge in [-0.25, -0.2) is 0 Å². The van der Waals surface area contributed by atoms with Crippen LogP contribution in [0.1, 0.15) is 10.4 Å². The highest BCUT2D eigenvalue weighted by atomic mass is 16.5. The van der Waals surface area contributed by atoms with Crippen LogP contribution in [0.25, 0.3) is 10.9 Å². The molecule has 1 amide bonds. The van der Waals surface area contributed by atoms with Crippen LogP contribution in [0.15, 0.2) is 30.5 Å². The van der Waals surface area contributed by atoms with Gasteiger partial charge in [0.05, 0.1) is 12.7 Å². The number of H-pyrrole nitrogens is 1. The van der Waals surface area contributed by atoms with Crippen molar-refractivity contribution in [3.63, 3.8) is 0 Å². The fourth-order valence-electron chi connectivity index (χ4n) is 2.12. The first-order valence-corrected chi connectivity index (χ1v) is 6.12. The van der Waals surface area contributed by atoms with Gasteiger partial charge in [0.25, 0.3) is 5.91 Å². The van der Waals surface area contributed by atoms with Gasteiger partial charge in [-0.2, -0.15) is 0 Å². The van der Waals surface area contributed by atoms with E-state index < -0.39 is 6.10 Å². The van der Waals surface area contributed by atoms with Gasteiger partial charge in [0.2, 0.25) is 0 Å². The maximum absolute atomic E-state index is 12.4. The van der Waals surface area contributed by atoms with Crippen LogP contribution < -0.4 is 0 Å². The van der Waals surface area contributed by atoms with E-state index in [-0.39, 0.29) is 19.1 Å². The first-order valence-electron chi connectivity index (χ1n) is 6.12. The summed E-state index contributed by atoms with van der Waals surface area (Å²) in [5, 5.41) is 10.6. The van der Waals surface area contributed by atoms with Crippen molar-refractivity contribution in [1.29, 1.82) is 0 Å². The van der Waals surface area contributed by atoms with Crippen molar-refractivity contribution in [3.05, 3.63) is 36.0 Å². The second-order valence-corrected chi connectivity index (χ2v) is 4.54. The summed E-state index contributed by atoms with van der Waals surface area (Å²) in [4.78, 5) is 16.9. The van der Waals surface area contributed by atoms with Crippen molar-refractivity contribution >= 4 is 16.8 Å². The Balaban J connectivity index is 2.17. The van der Waals surface area contributed by atoms with Crippen LogP contribution in [0.2, 0.25) is 0 Å².